The maximum absolute atomic E-state index is 12.6. The topological polar surface area (TPSA) is 76.0 Å². The van der Waals surface area contributed by atoms with E-state index in [9.17, 15) is 15.0 Å². The largest absolute Gasteiger partial charge is 0.481 e. The molecular formula is C42H64O5. The predicted octanol–water partition coefficient (Wildman–Crippen LogP) is 9.23. The van der Waals surface area contributed by atoms with Gasteiger partial charge in [0.15, 0.2) is 5.79 Å². The van der Waals surface area contributed by atoms with Crippen molar-refractivity contribution in [2.75, 3.05) is 13.7 Å². The van der Waals surface area contributed by atoms with Gasteiger partial charge in [0, 0.05) is 24.9 Å². The summed E-state index contributed by atoms with van der Waals surface area (Å²) >= 11 is 0. The second-order valence-corrected chi connectivity index (χ2v) is 19.0. The van der Waals surface area contributed by atoms with Gasteiger partial charge < -0.3 is 19.7 Å². The van der Waals surface area contributed by atoms with E-state index in [1.165, 1.54) is 43.2 Å². The number of hydrogen-bond acceptors (Lipinski definition) is 4. The van der Waals surface area contributed by atoms with Gasteiger partial charge in [0.2, 0.25) is 0 Å². The second-order valence-electron chi connectivity index (χ2n) is 19.0. The Bertz CT molecular complexity index is 1360. The van der Waals surface area contributed by atoms with Crippen molar-refractivity contribution >= 4 is 5.97 Å². The standard InChI is InChI=1S/C42H64O5/c1-8-9-32-41-17-14-30-38(4,22-24-40(6)33-27-37(3,35(43)44)20-19-36(33,2)21-23-39(30,40)5)31(41)15-18-42(32,45)47-34(41)26-29-12-10-28(11-13-29)16-25-46-7/h10-13,30-34,45H,8-9,14-27H2,1-7H3,(H,43,44). The Labute approximate surface area is 285 Å². The van der Waals surface area contributed by atoms with Crippen LogP contribution in [0, 0.1) is 56.2 Å². The maximum Gasteiger partial charge on any atom is 0.309 e. The van der Waals surface area contributed by atoms with Crippen LogP contribution in [0.2, 0.25) is 0 Å². The van der Waals surface area contributed by atoms with Gasteiger partial charge in [-0.15, -0.1) is 0 Å². The minimum absolute atomic E-state index is 0.0109. The zero-order valence-electron chi connectivity index (χ0n) is 30.6. The van der Waals surface area contributed by atoms with Gasteiger partial charge in [-0.1, -0.05) is 65.3 Å². The molecule has 0 radical (unpaired) electrons. The summed E-state index contributed by atoms with van der Waals surface area (Å²) in [5.41, 5.74) is 2.75. The molecule has 47 heavy (non-hydrogen) atoms. The molecule has 1 aromatic carbocycles. The fraction of sp³-hybridized carbons (Fsp3) is 0.833. The number of carboxylic acid groups (broad SMARTS) is 1. The molecule has 5 aliphatic carbocycles. The molecule has 6 aliphatic rings. The number of methoxy groups -OCH3 is 1. The van der Waals surface area contributed by atoms with E-state index in [1.54, 1.807) is 7.11 Å². The molecule has 5 saturated carbocycles. The van der Waals surface area contributed by atoms with E-state index in [4.69, 9.17) is 9.47 Å². The minimum Gasteiger partial charge on any atom is -0.481 e. The Morgan fingerprint density at radius 1 is 0.851 bits per heavy atom. The van der Waals surface area contributed by atoms with Crippen LogP contribution in [0.1, 0.15) is 136 Å². The van der Waals surface area contributed by atoms with Gasteiger partial charge in [-0.05, 0) is 141 Å². The van der Waals surface area contributed by atoms with Crippen LogP contribution in [0.4, 0.5) is 0 Å². The molecule has 7 rings (SSSR count). The number of carboxylic acids is 1. The SMILES string of the molecule is CCCC1C2(O)CCC3C4(C)CCC5(C)C6CC(C)(C(=O)O)CCC6(C)CCC5(C)C4CCC13C(Cc1ccc(CCOC)cc1)O2. The number of ether oxygens (including phenoxy) is 2. The number of fused-ring (bicyclic) bond motifs is 7. The van der Waals surface area contributed by atoms with Crippen molar-refractivity contribution in [2.24, 2.45) is 56.2 Å². The molecule has 0 amide bonds. The van der Waals surface area contributed by atoms with Gasteiger partial charge >= 0.3 is 5.97 Å². The number of hydrogen-bond donors (Lipinski definition) is 2. The van der Waals surface area contributed by atoms with Crippen LogP contribution in [0.5, 0.6) is 0 Å². The summed E-state index contributed by atoms with van der Waals surface area (Å²) in [7, 11) is 1.76. The summed E-state index contributed by atoms with van der Waals surface area (Å²) in [5, 5.41) is 22.6. The molecule has 262 valence electrons. The van der Waals surface area contributed by atoms with E-state index in [0.717, 1.165) is 70.8 Å². The van der Waals surface area contributed by atoms with Gasteiger partial charge in [-0.3, -0.25) is 4.79 Å². The Morgan fingerprint density at radius 3 is 2.17 bits per heavy atom. The molecular weight excluding hydrogens is 584 g/mol. The summed E-state index contributed by atoms with van der Waals surface area (Å²) in [6.07, 6.45) is 15.7. The molecule has 2 N–H and O–H groups in total. The molecule has 1 spiro atoms. The van der Waals surface area contributed by atoms with E-state index in [2.05, 4.69) is 58.9 Å². The summed E-state index contributed by atoms with van der Waals surface area (Å²) in [4.78, 5) is 12.6. The third-order valence-electron chi connectivity index (χ3n) is 17.2. The van der Waals surface area contributed by atoms with Crippen molar-refractivity contribution in [3.63, 3.8) is 0 Å². The Morgan fingerprint density at radius 2 is 1.49 bits per heavy atom. The molecule has 1 saturated heterocycles. The average Bonchev–Trinajstić information content (AvgIpc) is 3.16. The molecule has 6 fully saturated rings. The van der Waals surface area contributed by atoms with Gasteiger partial charge in [0.1, 0.15) is 0 Å². The third kappa shape index (κ3) is 4.67. The molecule has 5 heteroatoms. The van der Waals surface area contributed by atoms with Crippen LogP contribution in [0.15, 0.2) is 24.3 Å². The first-order valence-corrected chi connectivity index (χ1v) is 19.3. The van der Waals surface area contributed by atoms with Crippen molar-refractivity contribution in [2.45, 2.75) is 150 Å². The highest BCUT2D eigenvalue weighted by atomic mass is 16.6. The smallest absolute Gasteiger partial charge is 0.309 e. The Kier molecular flexibility index (Phi) is 8.18. The number of rotatable bonds is 8. The third-order valence-corrected chi connectivity index (χ3v) is 17.2. The van der Waals surface area contributed by atoms with Crippen molar-refractivity contribution in [1.29, 1.82) is 0 Å². The predicted molar refractivity (Wildman–Crippen MR) is 186 cm³/mol. The van der Waals surface area contributed by atoms with Crippen LogP contribution < -0.4 is 0 Å². The molecule has 12 unspecified atom stereocenters. The monoisotopic (exact) mass is 648 g/mol. The quantitative estimate of drug-likeness (QED) is 0.294. The van der Waals surface area contributed by atoms with Crippen molar-refractivity contribution in [3.8, 4) is 0 Å². The van der Waals surface area contributed by atoms with Crippen molar-refractivity contribution in [3.05, 3.63) is 35.4 Å². The molecule has 1 aromatic rings. The van der Waals surface area contributed by atoms with Crippen LogP contribution >= 0.6 is 0 Å². The Balaban J connectivity index is 1.24. The van der Waals surface area contributed by atoms with E-state index >= 15 is 0 Å². The van der Waals surface area contributed by atoms with Crippen LogP contribution in [0.25, 0.3) is 0 Å². The molecule has 1 heterocycles. The molecule has 1 aliphatic heterocycles. The Hall–Kier alpha value is -1.43. The van der Waals surface area contributed by atoms with E-state index in [0.29, 0.717) is 17.8 Å². The normalized spacial score (nSPS) is 50.2. The lowest BCUT2D eigenvalue weighted by Crippen LogP contribution is -2.69. The lowest BCUT2D eigenvalue weighted by atomic mass is 9.29. The number of aliphatic hydroxyl groups is 1. The van der Waals surface area contributed by atoms with E-state index in [-0.39, 0.29) is 39.1 Å². The fourth-order valence-electron chi connectivity index (χ4n) is 14.3. The molecule has 0 aromatic heterocycles. The summed E-state index contributed by atoms with van der Waals surface area (Å²) in [6, 6.07) is 9.08. The van der Waals surface area contributed by atoms with Gasteiger partial charge in [0.05, 0.1) is 18.1 Å². The van der Waals surface area contributed by atoms with Crippen LogP contribution in [-0.2, 0) is 27.1 Å². The average molecular weight is 649 g/mol. The lowest BCUT2D eigenvalue weighted by molar-refractivity contribution is -0.269. The molecule has 12 atom stereocenters. The second kappa shape index (κ2) is 11.3. The first kappa shape index (κ1) is 34.0. The first-order chi connectivity index (χ1) is 22.1. The molecule has 2 bridgehead atoms. The fourth-order valence-corrected chi connectivity index (χ4v) is 14.3. The van der Waals surface area contributed by atoms with Crippen molar-refractivity contribution in [1.82, 2.24) is 0 Å². The van der Waals surface area contributed by atoms with Crippen LogP contribution in [0.3, 0.4) is 0 Å². The zero-order chi connectivity index (χ0) is 33.7. The highest BCUT2D eigenvalue weighted by molar-refractivity contribution is 5.74. The van der Waals surface area contributed by atoms with Gasteiger partial charge in [-0.25, -0.2) is 0 Å². The highest BCUT2D eigenvalue weighted by Crippen LogP contribution is 2.80. The van der Waals surface area contributed by atoms with Crippen LogP contribution in [-0.4, -0.2) is 41.8 Å². The number of carbonyl (C=O) groups is 1. The molecule has 5 nitrogen and oxygen atoms in total. The zero-order valence-corrected chi connectivity index (χ0v) is 30.6. The van der Waals surface area contributed by atoms with E-state index in [1.807, 2.05) is 6.92 Å². The highest BCUT2D eigenvalue weighted by Gasteiger charge is 2.76. The van der Waals surface area contributed by atoms with Gasteiger partial charge in [-0.2, -0.15) is 0 Å². The van der Waals surface area contributed by atoms with Crippen molar-refractivity contribution < 1.29 is 24.5 Å². The summed E-state index contributed by atoms with van der Waals surface area (Å²) in [5.74, 6) is 0.174. The summed E-state index contributed by atoms with van der Waals surface area (Å²) in [6.45, 7) is 15.5. The maximum atomic E-state index is 12.6. The van der Waals surface area contributed by atoms with E-state index < -0.39 is 17.2 Å². The lowest BCUT2D eigenvalue weighted by Gasteiger charge is -2.75. The first-order valence-electron chi connectivity index (χ1n) is 19.3. The number of aliphatic carboxylic acids is 1. The minimum atomic E-state index is -1.01. The number of benzene rings is 1. The van der Waals surface area contributed by atoms with Gasteiger partial charge in [0.25, 0.3) is 0 Å². The summed E-state index contributed by atoms with van der Waals surface area (Å²) < 4.78 is 12.3.